The van der Waals surface area contributed by atoms with E-state index in [2.05, 4.69) is 12.1 Å². The minimum absolute atomic E-state index is 0.612. The molecule has 0 aliphatic carbocycles. The molecule has 0 bridgehead atoms. The number of aromatic nitrogens is 1. The van der Waals surface area contributed by atoms with Crippen molar-refractivity contribution in [3.05, 3.63) is 84.1 Å². The highest BCUT2D eigenvalue weighted by molar-refractivity contribution is 5.74. The summed E-state index contributed by atoms with van der Waals surface area (Å²) < 4.78 is 1.92. The molecule has 3 nitrogen and oxygen atoms in total. The third kappa shape index (κ3) is 3.19. The van der Waals surface area contributed by atoms with Gasteiger partial charge in [-0.15, -0.1) is 0 Å². The minimum atomic E-state index is -0.826. The predicted molar refractivity (Wildman–Crippen MR) is 91.5 cm³/mol. The Morgan fingerprint density at radius 3 is 2.17 bits per heavy atom. The fraction of sp³-hybridized carbons (Fsp3) is 0.150. The van der Waals surface area contributed by atoms with E-state index in [-0.39, 0.29) is 0 Å². The van der Waals surface area contributed by atoms with Gasteiger partial charge in [-0.25, -0.2) is 4.79 Å². The zero-order valence-electron chi connectivity index (χ0n) is 13.0. The maximum Gasteiger partial charge on any atom is 0.326 e. The Hall–Kier alpha value is -2.81. The van der Waals surface area contributed by atoms with Crippen molar-refractivity contribution in [3.8, 4) is 11.3 Å². The fourth-order valence-electron chi connectivity index (χ4n) is 2.85. The summed E-state index contributed by atoms with van der Waals surface area (Å²) in [6.07, 6.45) is 0.714. The summed E-state index contributed by atoms with van der Waals surface area (Å²) in [6, 6.07) is 23.4. The number of hydrogen-bond donors (Lipinski definition) is 1. The largest absolute Gasteiger partial charge is 0.480 e. The van der Waals surface area contributed by atoms with Gasteiger partial charge in [0.1, 0.15) is 6.04 Å². The number of carbonyl (C=O) groups is 1. The number of aliphatic carboxylic acids is 1. The summed E-state index contributed by atoms with van der Waals surface area (Å²) in [4.78, 5) is 11.6. The van der Waals surface area contributed by atoms with Crippen LogP contribution >= 0.6 is 0 Å². The third-order valence-corrected chi connectivity index (χ3v) is 4.04. The summed E-state index contributed by atoms with van der Waals surface area (Å²) in [7, 11) is 0. The van der Waals surface area contributed by atoms with Crippen molar-refractivity contribution in [2.24, 2.45) is 0 Å². The van der Waals surface area contributed by atoms with Crippen LogP contribution in [-0.2, 0) is 11.2 Å². The van der Waals surface area contributed by atoms with E-state index in [9.17, 15) is 9.90 Å². The normalized spacial score (nSPS) is 12.0. The molecule has 3 heteroatoms. The molecule has 23 heavy (non-hydrogen) atoms. The molecule has 0 aliphatic rings. The fourth-order valence-corrected chi connectivity index (χ4v) is 2.85. The van der Waals surface area contributed by atoms with Gasteiger partial charge in [-0.3, -0.25) is 0 Å². The van der Waals surface area contributed by atoms with E-state index in [1.54, 1.807) is 6.92 Å². The molecule has 3 rings (SSSR count). The van der Waals surface area contributed by atoms with E-state index in [0.29, 0.717) is 6.42 Å². The molecule has 0 radical (unpaired) electrons. The number of carboxylic acid groups (broad SMARTS) is 1. The van der Waals surface area contributed by atoms with Crippen LogP contribution in [0.4, 0.5) is 0 Å². The van der Waals surface area contributed by atoms with E-state index in [4.69, 9.17) is 0 Å². The maximum absolute atomic E-state index is 11.6. The van der Waals surface area contributed by atoms with Gasteiger partial charge < -0.3 is 9.67 Å². The van der Waals surface area contributed by atoms with Crippen LogP contribution in [0.1, 0.15) is 24.2 Å². The van der Waals surface area contributed by atoms with Crippen molar-refractivity contribution < 1.29 is 9.90 Å². The number of benzene rings is 2. The van der Waals surface area contributed by atoms with Gasteiger partial charge in [-0.2, -0.15) is 0 Å². The summed E-state index contributed by atoms with van der Waals surface area (Å²) in [5.41, 5.74) is 4.14. The van der Waals surface area contributed by atoms with Crippen LogP contribution in [0.2, 0.25) is 0 Å². The van der Waals surface area contributed by atoms with E-state index in [0.717, 1.165) is 17.0 Å². The molecule has 0 saturated carbocycles. The van der Waals surface area contributed by atoms with Gasteiger partial charge in [0.05, 0.1) is 0 Å². The molecule has 0 fully saturated rings. The first kappa shape index (κ1) is 15.1. The second-order valence-electron chi connectivity index (χ2n) is 5.62. The van der Waals surface area contributed by atoms with Crippen LogP contribution in [0.5, 0.6) is 0 Å². The van der Waals surface area contributed by atoms with Gasteiger partial charge in [0.15, 0.2) is 0 Å². The first-order chi connectivity index (χ1) is 11.2. The average molecular weight is 305 g/mol. The topological polar surface area (TPSA) is 42.2 Å². The molecular formula is C20H19NO2. The van der Waals surface area contributed by atoms with Crippen molar-refractivity contribution in [3.63, 3.8) is 0 Å². The zero-order chi connectivity index (χ0) is 16.2. The van der Waals surface area contributed by atoms with Gasteiger partial charge >= 0.3 is 5.97 Å². The van der Waals surface area contributed by atoms with Crippen LogP contribution in [0.25, 0.3) is 11.3 Å². The predicted octanol–water partition coefficient (Wildman–Crippen LogP) is 4.39. The first-order valence-corrected chi connectivity index (χ1v) is 7.69. The van der Waals surface area contributed by atoms with Gasteiger partial charge in [0, 0.05) is 17.8 Å². The maximum atomic E-state index is 11.6. The molecule has 0 amide bonds. The molecule has 116 valence electrons. The first-order valence-electron chi connectivity index (χ1n) is 7.69. The van der Waals surface area contributed by atoms with Crippen LogP contribution in [-0.4, -0.2) is 15.6 Å². The molecule has 0 aliphatic heterocycles. The molecule has 1 aromatic heterocycles. The summed E-state index contributed by atoms with van der Waals surface area (Å²) in [6.45, 7) is 1.73. The van der Waals surface area contributed by atoms with Crippen molar-refractivity contribution in [1.29, 1.82) is 0 Å². The number of carboxylic acids is 1. The second kappa shape index (κ2) is 6.53. The highest BCUT2D eigenvalue weighted by Crippen LogP contribution is 2.28. The van der Waals surface area contributed by atoms with Crippen LogP contribution < -0.4 is 0 Å². The summed E-state index contributed by atoms with van der Waals surface area (Å²) >= 11 is 0. The van der Waals surface area contributed by atoms with Crippen molar-refractivity contribution in [2.45, 2.75) is 19.4 Å². The molecule has 0 spiro atoms. The lowest BCUT2D eigenvalue weighted by Gasteiger charge is -2.18. The molecule has 1 heterocycles. The Kier molecular flexibility index (Phi) is 4.29. The molecule has 1 atom stereocenters. The molecular weight excluding hydrogens is 286 g/mol. The van der Waals surface area contributed by atoms with Gasteiger partial charge in [0.2, 0.25) is 0 Å². The van der Waals surface area contributed by atoms with Gasteiger partial charge in [-0.05, 0) is 30.2 Å². The summed E-state index contributed by atoms with van der Waals surface area (Å²) in [5, 5.41) is 9.49. The highest BCUT2D eigenvalue weighted by atomic mass is 16.4. The number of nitrogens with zero attached hydrogens (tertiary/aromatic N) is 1. The molecule has 0 saturated heterocycles. The Morgan fingerprint density at radius 2 is 1.57 bits per heavy atom. The van der Waals surface area contributed by atoms with Crippen LogP contribution in [0.15, 0.2) is 72.8 Å². The molecule has 2 aromatic carbocycles. The second-order valence-corrected chi connectivity index (χ2v) is 5.62. The van der Waals surface area contributed by atoms with Crippen molar-refractivity contribution in [1.82, 2.24) is 4.57 Å². The summed E-state index contributed by atoms with van der Waals surface area (Å²) in [5.74, 6) is -0.826. The van der Waals surface area contributed by atoms with Crippen LogP contribution in [0.3, 0.4) is 0 Å². The Morgan fingerprint density at radius 1 is 0.957 bits per heavy atom. The van der Waals surface area contributed by atoms with E-state index in [1.807, 2.05) is 65.2 Å². The highest BCUT2D eigenvalue weighted by Gasteiger charge is 2.20. The third-order valence-electron chi connectivity index (χ3n) is 4.04. The van der Waals surface area contributed by atoms with E-state index < -0.39 is 12.0 Å². The lowest BCUT2D eigenvalue weighted by atomic mass is 10.1. The molecule has 1 N–H and O–H groups in total. The molecule has 1 unspecified atom stereocenters. The smallest absolute Gasteiger partial charge is 0.326 e. The number of hydrogen-bond acceptors (Lipinski definition) is 1. The minimum Gasteiger partial charge on any atom is -0.480 e. The number of rotatable bonds is 5. The van der Waals surface area contributed by atoms with Gasteiger partial charge in [0.25, 0.3) is 0 Å². The standard InChI is InChI=1S/C20H19NO2/c1-15(20(22)23)21-18(14-16-8-4-2-5-9-16)12-13-19(21)17-10-6-3-7-11-17/h2-13,15H,14H2,1H3,(H,22,23). The van der Waals surface area contributed by atoms with Crippen LogP contribution in [0, 0.1) is 0 Å². The monoisotopic (exact) mass is 305 g/mol. The quantitative estimate of drug-likeness (QED) is 0.759. The Balaban J connectivity index is 2.06. The lowest BCUT2D eigenvalue weighted by Crippen LogP contribution is -2.18. The Bertz CT molecular complexity index is 791. The lowest BCUT2D eigenvalue weighted by molar-refractivity contribution is -0.140. The average Bonchev–Trinajstić information content (AvgIpc) is 2.99. The van der Waals surface area contributed by atoms with Gasteiger partial charge in [-0.1, -0.05) is 60.7 Å². The van der Waals surface area contributed by atoms with Crippen molar-refractivity contribution >= 4 is 5.97 Å². The zero-order valence-corrected chi connectivity index (χ0v) is 13.0. The van der Waals surface area contributed by atoms with E-state index >= 15 is 0 Å². The molecule has 3 aromatic rings. The SMILES string of the molecule is CC(C(=O)O)n1c(Cc2ccccc2)ccc1-c1ccccc1. The van der Waals surface area contributed by atoms with E-state index in [1.165, 1.54) is 5.56 Å². The van der Waals surface area contributed by atoms with Crippen molar-refractivity contribution in [2.75, 3.05) is 0 Å². The Labute approximate surface area is 135 Å².